The van der Waals surface area contributed by atoms with Crippen molar-refractivity contribution in [1.82, 2.24) is 5.32 Å². The third-order valence-electron chi connectivity index (χ3n) is 2.51. The van der Waals surface area contributed by atoms with E-state index >= 15 is 0 Å². The predicted octanol–water partition coefficient (Wildman–Crippen LogP) is 1.47. The first-order valence-electron chi connectivity index (χ1n) is 5.45. The monoisotopic (exact) mass is 288 g/mol. The summed E-state index contributed by atoms with van der Waals surface area (Å²) in [6.45, 7) is 1.44. The van der Waals surface area contributed by atoms with Gasteiger partial charge in [-0.3, -0.25) is 14.9 Å². The molecule has 0 unspecified atom stereocenters. The molecule has 9 heteroatoms. The molecule has 0 saturated carbocycles. The van der Waals surface area contributed by atoms with Gasteiger partial charge in [-0.1, -0.05) is 6.92 Å². The number of nitro benzene ring substituents is 1. The Balaban J connectivity index is 3.19. The van der Waals surface area contributed by atoms with Crippen molar-refractivity contribution < 1.29 is 28.4 Å². The van der Waals surface area contributed by atoms with Crippen molar-refractivity contribution in [3.05, 3.63) is 39.4 Å². The molecule has 20 heavy (non-hydrogen) atoms. The van der Waals surface area contributed by atoms with Crippen LogP contribution >= 0.6 is 0 Å². The Kier molecular flexibility index (Phi) is 4.68. The van der Waals surface area contributed by atoms with Crippen molar-refractivity contribution in [3.8, 4) is 0 Å². The number of nitro groups is 1. The molecule has 0 spiro atoms. The molecular formula is C11H10F2N2O5. The van der Waals surface area contributed by atoms with Crippen molar-refractivity contribution in [2.24, 2.45) is 0 Å². The summed E-state index contributed by atoms with van der Waals surface area (Å²) in [7, 11) is 0. The standard InChI is InChI=1S/C11H10F2N2O5/c1-2-6(11(17)18)14-10(16)8-5(12)3-4-7(9(8)13)15(19)20/h3-4,6H,2H2,1H3,(H,14,16)(H,17,18)/t6-/m1/s1. The average molecular weight is 288 g/mol. The van der Waals surface area contributed by atoms with E-state index in [-0.39, 0.29) is 6.42 Å². The number of rotatable bonds is 5. The molecule has 0 bridgehead atoms. The smallest absolute Gasteiger partial charge is 0.326 e. The van der Waals surface area contributed by atoms with Crippen molar-refractivity contribution in [2.45, 2.75) is 19.4 Å². The molecule has 0 aliphatic carbocycles. The van der Waals surface area contributed by atoms with Crippen LogP contribution in [0.15, 0.2) is 12.1 Å². The molecule has 1 aromatic rings. The summed E-state index contributed by atoms with van der Waals surface area (Å²) in [4.78, 5) is 31.8. The number of carboxylic acids is 1. The van der Waals surface area contributed by atoms with Crippen LogP contribution in [-0.2, 0) is 4.79 Å². The van der Waals surface area contributed by atoms with Gasteiger partial charge in [-0.15, -0.1) is 0 Å². The maximum atomic E-state index is 13.7. The van der Waals surface area contributed by atoms with E-state index in [2.05, 4.69) is 0 Å². The minimum absolute atomic E-state index is 0.0146. The fraction of sp³-hybridized carbons (Fsp3) is 0.273. The van der Waals surface area contributed by atoms with E-state index < -0.39 is 45.7 Å². The summed E-state index contributed by atoms with van der Waals surface area (Å²) >= 11 is 0. The summed E-state index contributed by atoms with van der Waals surface area (Å²) in [6.07, 6.45) is -0.0146. The number of aliphatic carboxylic acids is 1. The zero-order chi connectivity index (χ0) is 15.4. The summed E-state index contributed by atoms with van der Waals surface area (Å²) < 4.78 is 27.1. The van der Waals surface area contributed by atoms with Crippen LogP contribution in [0.5, 0.6) is 0 Å². The van der Waals surface area contributed by atoms with Crippen molar-refractivity contribution in [3.63, 3.8) is 0 Å². The lowest BCUT2D eigenvalue weighted by Crippen LogP contribution is -2.41. The molecule has 2 N–H and O–H groups in total. The van der Waals surface area contributed by atoms with Crippen LogP contribution in [0.1, 0.15) is 23.7 Å². The zero-order valence-electron chi connectivity index (χ0n) is 10.2. The van der Waals surface area contributed by atoms with Gasteiger partial charge in [-0.2, -0.15) is 4.39 Å². The Morgan fingerprint density at radius 3 is 2.50 bits per heavy atom. The molecule has 1 aromatic carbocycles. The summed E-state index contributed by atoms with van der Waals surface area (Å²) in [5.74, 6) is -5.70. The second-order valence-electron chi connectivity index (χ2n) is 3.79. The molecule has 0 aliphatic heterocycles. The Morgan fingerprint density at radius 1 is 1.45 bits per heavy atom. The molecule has 0 saturated heterocycles. The molecule has 0 radical (unpaired) electrons. The highest BCUT2D eigenvalue weighted by molar-refractivity contribution is 5.97. The number of halogens is 2. The van der Waals surface area contributed by atoms with Crippen LogP contribution in [0.2, 0.25) is 0 Å². The number of nitrogens with one attached hydrogen (secondary N) is 1. The van der Waals surface area contributed by atoms with Gasteiger partial charge >= 0.3 is 11.7 Å². The number of carbonyl (C=O) groups is 2. The average Bonchev–Trinajstić information content (AvgIpc) is 2.35. The molecule has 7 nitrogen and oxygen atoms in total. The number of benzene rings is 1. The van der Waals surface area contributed by atoms with Gasteiger partial charge in [0.25, 0.3) is 5.91 Å². The topological polar surface area (TPSA) is 110 Å². The van der Waals surface area contributed by atoms with Crippen LogP contribution in [0.4, 0.5) is 14.5 Å². The minimum atomic E-state index is -1.65. The zero-order valence-corrected chi connectivity index (χ0v) is 10.2. The van der Waals surface area contributed by atoms with E-state index in [1.165, 1.54) is 6.92 Å². The maximum Gasteiger partial charge on any atom is 0.326 e. The highest BCUT2D eigenvalue weighted by atomic mass is 19.1. The molecular weight excluding hydrogens is 278 g/mol. The number of hydrogen-bond donors (Lipinski definition) is 2. The highest BCUT2D eigenvalue weighted by Crippen LogP contribution is 2.23. The van der Waals surface area contributed by atoms with Gasteiger partial charge in [0, 0.05) is 6.07 Å². The molecule has 1 atom stereocenters. The lowest BCUT2D eigenvalue weighted by atomic mass is 10.1. The summed E-state index contributed by atoms with van der Waals surface area (Å²) in [5, 5.41) is 21.1. The highest BCUT2D eigenvalue weighted by Gasteiger charge is 2.28. The summed E-state index contributed by atoms with van der Waals surface area (Å²) in [5.41, 5.74) is -2.25. The van der Waals surface area contributed by atoms with Gasteiger partial charge in [-0.05, 0) is 12.5 Å². The molecule has 0 aliphatic rings. The number of carboxylic acid groups (broad SMARTS) is 1. The predicted molar refractivity (Wildman–Crippen MR) is 62.2 cm³/mol. The van der Waals surface area contributed by atoms with Crippen LogP contribution < -0.4 is 5.32 Å². The molecule has 1 rings (SSSR count). The molecule has 1 amide bonds. The maximum absolute atomic E-state index is 13.7. The van der Waals surface area contributed by atoms with E-state index in [1.54, 1.807) is 0 Å². The van der Waals surface area contributed by atoms with Gasteiger partial charge in [0.1, 0.15) is 17.4 Å². The quantitative estimate of drug-likeness (QED) is 0.629. The van der Waals surface area contributed by atoms with Crippen molar-refractivity contribution in [2.75, 3.05) is 0 Å². The number of hydrogen-bond acceptors (Lipinski definition) is 4. The van der Waals surface area contributed by atoms with Crippen molar-refractivity contribution >= 4 is 17.6 Å². The second kappa shape index (κ2) is 6.04. The van der Waals surface area contributed by atoms with Gasteiger partial charge in [0.05, 0.1) is 4.92 Å². The molecule has 108 valence electrons. The number of nitrogens with zero attached hydrogens (tertiary/aromatic N) is 1. The van der Waals surface area contributed by atoms with E-state index in [0.29, 0.717) is 12.1 Å². The van der Waals surface area contributed by atoms with E-state index in [0.717, 1.165) is 0 Å². The first-order valence-corrected chi connectivity index (χ1v) is 5.45. The van der Waals surface area contributed by atoms with Gasteiger partial charge in [0.15, 0.2) is 0 Å². The largest absolute Gasteiger partial charge is 0.480 e. The molecule has 0 heterocycles. The lowest BCUT2D eigenvalue weighted by molar-refractivity contribution is -0.387. The SMILES string of the molecule is CC[C@@H](NC(=O)c1c(F)ccc([N+](=O)[O-])c1F)C(=O)O. The minimum Gasteiger partial charge on any atom is -0.480 e. The number of amides is 1. The normalized spacial score (nSPS) is 11.8. The van der Waals surface area contributed by atoms with Gasteiger partial charge in [-0.25, -0.2) is 9.18 Å². The Bertz CT molecular complexity index is 576. The summed E-state index contributed by atoms with van der Waals surface area (Å²) in [6, 6.07) is -0.200. The van der Waals surface area contributed by atoms with Gasteiger partial charge in [0.2, 0.25) is 5.82 Å². The van der Waals surface area contributed by atoms with E-state index in [9.17, 15) is 28.5 Å². The van der Waals surface area contributed by atoms with Crippen molar-refractivity contribution in [1.29, 1.82) is 0 Å². The van der Waals surface area contributed by atoms with Gasteiger partial charge < -0.3 is 10.4 Å². The van der Waals surface area contributed by atoms with Crippen LogP contribution in [0.25, 0.3) is 0 Å². The van der Waals surface area contributed by atoms with Crippen LogP contribution in [-0.4, -0.2) is 27.9 Å². The molecule has 0 aromatic heterocycles. The third-order valence-corrected chi connectivity index (χ3v) is 2.51. The fourth-order valence-electron chi connectivity index (χ4n) is 1.46. The Hall–Kier alpha value is -2.58. The fourth-order valence-corrected chi connectivity index (χ4v) is 1.46. The van der Waals surface area contributed by atoms with E-state index in [4.69, 9.17) is 5.11 Å². The Labute approximate surface area is 111 Å². The second-order valence-corrected chi connectivity index (χ2v) is 3.79. The Morgan fingerprint density at radius 2 is 2.05 bits per heavy atom. The van der Waals surface area contributed by atoms with E-state index in [1.807, 2.05) is 5.32 Å². The van der Waals surface area contributed by atoms with Crippen LogP contribution in [0.3, 0.4) is 0 Å². The molecule has 0 fully saturated rings. The first-order chi connectivity index (χ1) is 9.29. The van der Waals surface area contributed by atoms with Crippen LogP contribution in [0, 0.1) is 21.7 Å². The third kappa shape index (κ3) is 3.05. The number of carbonyl (C=O) groups excluding carboxylic acids is 1. The first kappa shape index (κ1) is 15.5. The lowest BCUT2D eigenvalue weighted by Gasteiger charge is -2.12.